The highest BCUT2D eigenvalue weighted by atomic mass is 16.4. The zero-order chi connectivity index (χ0) is 25.9. The van der Waals surface area contributed by atoms with Gasteiger partial charge in [0.2, 0.25) is 0 Å². The van der Waals surface area contributed by atoms with Crippen molar-refractivity contribution in [2.24, 2.45) is 5.92 Å². The quantitative estimate of drug-likeness (QED) is 0.248. The molecule has 0 saturated carbocycles. The molecule has 6 rings (SSSR count). The second-order valence-corrected chi connectivity index (χ2v) is 11.7. The van der Waals surface area contributed by atoms with Crippen molar-refractivity contribution in [3.05, 3.63) is 89.6 Å². The van der Waals surface area contributed by atoms with Crippen LogP contribution in [0.5, 0.6) is 0 Å². The average molecular weight is 488 g/mol. The second kappa shape index (κ2) is 8.62. The van der Waals surface area contributed by atoms with Gasteiger partial charge < -0.3 is 8.83 Å². The van der Waals surface area contributed by atoms with E-state index in [0.717, 1.165) is 56.7 Å². The molecule has 0 radical (unpaired) electrons. The number of fused-ring (bicyclic) bond motifs is 3. The van der Waals surface area contributed by atoms with E-state index in [9.17, 15) is 0 Å². The number of nitrogens with zero attached hydrogens (tertiary/aromatic N) is 1. The van der Waals surface area contributed by atoms with Crippen molar-refractivity contribution < 1.29 is 8.83 Å². The maximum atomic E-state index is 6.58. The predicted octanol–water partition coefficient (Wildman–Crippen LogP) is 9.87. The van der Waals surface area contributed by atoms with Gasteiger partial charge in [0.25, 0.3) is 0 Å². The van der Waals surface area contributed by atoms with Crippen LogP contribution in [0.15, 0.2) is 81.8 Å². The third kappa shape index (κ3) is 4.13. The van der Waals surface area contributed by atoms with Crippen molar-refractivity contribution in [1.82, 2.24) is 4.98 Å². The summed E-state index contributed by atoms with van der Waals surface area (Å²) in [6, 6.07) is 23.7. The summed E-state index contributed by atoms with van der Waals surface area (Å²) in [6.07, 6.45) is 2.93. The fraction of sp³-hybridized carbons (Fsp3) is 0.265. The van der Waals surface area contributed by atoms with Gasteiger partial charge in [0.05, 0.1) is 0 Å². The van der Waals surface area contributed by atoms with Gasteiger partial charge in [0, 0.05) is 28.1 Å². The minimum atomic E-state index is -0.00352. The third-order valence-electron chi connectivity index (χ3n) is 7.24. The monoisotopic (exact) mass is 487 g/mol. The average Bonchev–Trinajstić information content (AvgIpc) is 3.43. The number of pyridine rings is 1. The summed E-state index contributed by atoms with van der Waals surface area (Å²) in [5.74, 6) is 2.13. The molecule has 0 N–H and O–H groups in total. The molecule has 0 aliphatic rings. The Bertz CT molecular complexity index is 1780. The Balaban J connectivity index is 1.52. The molecule has 6 aromatic rings. The molecule has 0 bridgehead atoms. The molecule has 0 aliphatic heterocycles. The van der Waals surface area contributed by atoms with Crippen LogP contribution in [0.4, 0.5) is 0 Å². The first-order valence-electron chi connectivity index (χ1n) is 13.1. The summed E-state index contributed by atoms with van der Waals surface area (Å²) in [6.45, 7) is 13.4. The molecule has 37 heavy (non-hydrogen) atoms. The van der Waals surface area contributed by atoms with Gasteiger partial charge >= 0.3 is 0 Å². The highest BCUT2D eigenvalue weighted by molar-refractivity contribution is 5.99. The fourth-order valence-electron chi connectivity index (χ4n) is 5.46. The molecule has 0 unspecified atom stereocenters. The van der Waals surface area contributed by atoms with Crippen molar-refractivity contribution >= 4 is 32.7 Å². The molecule has 3 heteroatoms. The zero-order valence-electron chi connectivity index (χ0n) is 22.5. The van der Waals surface area contributed by atoms with Gasteiger partial charge in [0.1, 0.15) is 11.3 Å². The third-order valence-corrected chi connectivity index (χ3v) is 7.24. The first kappa shape index (κ1) is 23.5. The van der Waals surface area contributed by atoms with E-state index in [1.807, 2.05) is 12.3 Å². The number of benzene rings is 3. The minimum Gasteiger partial charge on any atom is -0.453 e. The van der Waals surface area contributed by atoms with E-state index in [2.05, 4.69) is 102 Å². The van der Waals surface area contributed by atoms with Crippen LogP contribution < -0.4 is 0 Å². The summed E-state index contributed by atoms with van der Waals surface area (Å²) < 4.78 is 12.9. The highest BCUT2D eigenvalue weighted by Crippen LogP contribution is 2.41. The van der Waals surface area contributed by atoms with E-state index < -0.39 is 0 Å². The topological polar surface area (TPSA) is 39.2 Å². The molecule has 0 spiro atoms. The molecule has 3 aromatic carbocycles. The number of aromatic nitrogens is 1. The first-order valence-corrected chi connectivity index (χ1v) is 13.1. The lowest BCUT2D eigenvalue weighted by Crippen LogP contribution is -2.12. The SMILES string of the molecule is Cc1c(-c2cc3cc(CC(C)C)ccc3o2)oc2c(-c3cc(C(C)(C)C)c4ccccc4c3)nccc12. The molecule has 3 aromatic heterocycles. The molecule has 0 saturated heterocycles. The smallest absolute Gasteiger partial charge is 0.173 e. The van der Waals surface area contributed by atoms with Crippen LogP contribution >= 0.6 is 0 Å². The van der Waals surface area contributed by atoms with E-state index in [-0.39, 0.29) is 5.41 Å². The molecular formula is C34H33NO2. The molecule has 0 atom stereocenters. The van der Waals surface area contributed by atoms with Crippen LogP contribution in [-0.2, 0) is 11.8 Å². The number of aryl methyl sites for hydroxylation is 1. The van der Waals surface area contributed by atoms with E-state index in [0.29, 0.717) is 5.92 Å². The highest BCUT2D eigenvalue weighted by Gasteiger charge is 2.22. The Morgan fingerprint density at radius 1 is 0.838 bits per heavy atom. The Morgan fingerprint density at radius 3 is 2.43 bits per heavy atom. The Labute approximate surface area is 218 Å². The van der Waals surface area contributed by atoms with Crippen LogP contribution in [0, 0.1) is 12.8 Å². The summed E-state index contributed by atoms with van der Waals surface area (Å²) in [5.41, 5.74) is 7.30. The van der Waals surface area contributed by atoms with Crippen LogP contribution in [0.25, 0.3) is 55.5 Å². The van der Waals surface area contributed by atoms with Crippen molar-refractivity contribution in [2.75, 3.05) is 0 Å². The van der Waals surface area contributed by atoms with Crippen LogP contribution in [0.2, 0.25) is 0 Å². The normalized spacial score (nSPS) is 12.4. The second-order valence-electron chi connectivity index (χ2n) is 11.7. The van der Waals surface area contributed by atoms with E-state index in [4.69, 9.17) is 13.8 Å². The maximum absolute atomic E-state index is 6.58. The van der Waals surface area contributed by atoms with Gasteiger partial charge in [0.15, 0.2) is 17.1 Å². The minimum absolute atomic E-state index is 0.00352. The van der Waals surface area contributed by atoms with Gasteiger partial charge in [-0.15, -0.1) is 0 Å². The molecule has 0 amide bonds. The van der Waals surface area contributed by atoms with Gasteiger partial charge in [-0.25, -0.2) is 0 Å². The molecule has 3 nitrogen and oxygen atoms in total. The van der Waals surface area contributed by atoms with Gasteiger partial charge in [-0.05, 0) is 83.0 Å². The van der Waals surface area contributed by atoms with E-state index >= 15 is 0 Å². The number of rotatable bonds is 4. The lowest BCUT2D eigenvalue weighted by atomic mass is 9.82. The van der Waals surface area contributed by atoms with Crippen molar-refractivity contribution in [3.63, 3.8) is 0 Å². The van der Waals surface area contributed by atoms with Gasteiger partial charge in [-0.3, -0.25) is 4.98 Å². The van der Waals surface area contributed by atoms with Crippen LogP contribution in [0.3, 0.4) is 0 Å². The largest absolute Gasteiger partial charge is 0.453 e. The maximum Gasteiger partial charge on any atom is 0.173 e. The first-order chi connectivity index (χ1) is 17.7. The van der Waals surface area contributed by atoms with Gasteiger partial charge in [-0.2, -0.15) is 0 Å². The summed E-state index contributed by atoms with van der Waals surface area (Å²) >= 11 is 0. The van der Waals surface area contributed by atoms with Crippen molar-refractivity contribution in [1.29, 1.82) is 0 Å². The predicted molar refractivity (Wildman–Crippen MR) is 154 cm³/mol. The van der Waals surface area contributed by atoms with Crippen molar-refractivity contribution in [2.45, 2.75) is 53.4 Å². The molecular weight excluding hydrogens is 454 g/mol. The Morgan fingerprint density at radius 2 is 1.65 bits per heavy atom. The van der Waals surface area contributed by atoms with Crippen molar-refractivity contribution in [3.8, 4) is 22.8 Å². The number of hydrogen-bond acceptors (Lipinski definition) is 3. The van der Waals surface area contributed by atoms with Gasteiger partial charge in [-0.1, -0.05) is 65.0 Å². The fourth-order valence-corrected chi connectivity index (χ4v) is 5.46. The zero-order valence-corrected chi connectivity index (χ0v) is 22.5. The molecule has 0 fully saturated rings. The number of hydrogen-bond donors (Lipinski definition) is 0. The summed E-state index contributed by atoms with van der Waals surface area (Å²) in [5, 5.41) is 4.66. The molecule has 186 valence electrons. The lowest BCUT2D eigenvalue weighted by Gasteiger charge is -2.22. The lowest BCUT2D eigenvalue weighted by molar-refractivity contribution is 0.567. The molecule has 0 aliphatic carbocycles. The number of furan rings is 2. The summed E-state index contributed by atoms with van der Waals surface area (Å²) in [4.78, 5) is 4.81. The van der Waals surface area contributed by atoms with Crippen LogP contribution in [0.1, 0.15) is 51.3 Å². The van der Waals surface area contributed by atoms with E-state index in [1.165, 1.54) is 21.9 Å². The van der Waals surface area contributed by atoms with Crippen LogP contribution in [-0.4, -0.2) is 4.98 Å². The standard InChI is InChI=1S/C34H33NO2/c1-20(2)15-22-11-12-29-24(16-22)19-30(36-29)32-21(3)26-13-14-35-31(33(26)37-32)25-17-23-9-7-8-10-27(23)28(18-25)34(4,5)6/h7-14,16-20H,15H2,1-6H3. The molecule has 3 heterocycles. The summed E-state index contributed by atoms with van der Waals surface area (Å²) in [7, 11) is 0. The Kier molecular flexibility index (Phi) is 5.49. The van der Waals surface area contributed by atoms with E-state index in [1.54, 1.807) is 0 Å². The Hall–Kier alpha value is -3.85.